The van der Waals surface area contributed by atoms with Gasteiger partial charge in [0.2, 0.25) is 0 Å². The van der Waals surface area contributed by atoms with E-state index in [0.717, 1.165) is 10.8 Å². The van der Waals surface area contributed by atoms with Crippen molar-refractivity contribution < 1.29 is 23.1 Å². The van der Waals surface area contributed by atoms with Crippen molar-refractivity contribution in [1.29, 1.82) is 0 Å². The maximum absolute atomic E-state index is 12.5. The largest absolute Gasteiger partial charge is 0.497 e. The van der Waals surface area contributed by atoms with Crippen LogP contribution in [0.5, 0.6) is 5.75 Å². The van der Waals surface area contributed by atoms with Gasteiger partial charge in [-0.2, -0.15) is 0 Å². The Balaban J connectivity index is 1.91. The summed E-state index contributed by atoms with van der Waals surface area (Å²) in [7, 11) is -2.21. The van der Waals surface area contributed by atoms with Crippen molar-refractivity contribution in [1.82, 2.24) is 0 Å². The zero-order chi connectivity index (χ0) is 18.0. The van der Waals surface area contributed by atoms with Crippen LogP contribution in [0.2, 0.25) is 0 Å². The van der Waals surface area contributed by atoms with Crippen LogP contribution in [-0.4, -0.2) is 26.6 Å². The summed E-state index contributed by atoms with van der Waals surface area (Å²) in [4.78, 5) is 11.0. The van der Waals surface area contributed by atoms with Crippen molar-refractivity contribution in [2.75, 3.05) is 11.8 Å². The van der Waals surface area contributed by atoms with E-state index < -0.39 is 16.0 Å². The van der Waals surface area contributed by atoms with E-state index in [1.807, 2.05) is 6.07 Å². The van der Waals surface area contributed by atoms with E-state index >= 15 is 0 Å². The second-order valence-electron chi connectivity index (χ2n) is 5.36. The maximum Gasteiger partial charge on any atom is 0.335 e. The van der Waals surface area contributed by atoms with Gasteiger partial charge in [0.15, 0.2) is 0 Å². The summed E-state index contributed by atoms with van der Waals surface area (Å²) in [5.41, 5.74) is 0.377. The van der Waals surface area contributed by atoms with Gasteiger partial charge in [-0.25, -0.2) is 13.2 Å². The Labute approximate surface area is 144 Å². The number of carboxylic acids is 1. The zero-order valence-corrected chi connectivity index (χ0v) is 14.1. The molecule has 0 atom stereocenters. The van der Waals surface area contributed by atoms with E-state index in [4.69, 9.17) is 9.84 Å². The summed E-state index contributed by atoms with van der Waals surface area (Å²) < 4.78 is 32.7. The SMILES string of the molecule is COc1ccc2cc(S(=O)(=O)Nc3ccc(C(=O)O)cc3)ccc2c1. The summed E-state index contributed by atoms with van der Waals surface area (Å²) in [5.74, 6) is -0.376. The van der Waals surface area contributed by atoms with Crippen LogP contribution in [0.4, 0.5) is 5.69 Å². The fraction of sp³-hybridized carbons (Fsp3) is 0.0556. The highest BCUT2D eigenvalue weighted by atomic mass is 32.2. The predicted molar refractivity (Wildman–Crippen MR) is 94.7 cm³/mol. The third-order valence-electron chi connectivity index (χ3n) is 3.71. The molecule has 3 aromatic carbocycles. The van der Waals surface area contributed by atoms with Crippen molar-refractivity contribution in [3.05, 3.63) is 66.2 Å². The predicted octanol–water partition coefficient (Wildman–Crippen LogP) is 3.35. The molecule has 0 aliphatic rings. The molecule has 6 nitrogen and oxygen atoms in total. The number of hydrogen-bond donors (Lipinski definition) is 2. The molecule has 3 rings (SSSR count). The molecular weight excluding hydrogens is 342 g/mol. The van der Waals surface area contributed by atoms with Gasteiger partial charge in [-0.1, -0.05) is 12.1 Å². The number of ether oxygens (including phenoxy) is 1. The average Bonchev–Trinajstić information content (AvgIpc) is 2.60. The molecule has 0 saturated heterocycles. The van der Waals surface area contributed by atoms with Crippen LogP contribution in [0.15, 0.2) is 65.6 Å². The first-order valence-electron chi connectivity index (χ1n) is 7.33. The maximum atomic E-state index is 12.5. The van der Waals surface area contributed by atoms with Gasteiger partial charge in [-0.3, -0.25) is 4.72 Å². The molecule has 0 unspecified atom stereocenters. The number of anilines is 1. The topological polar surface area (TPSA) is 92.7 Å². The molecule has 0 amide bonds. The number of methoxy groups -OCH3 is 1. The highest BCUT2D eigenvalue weighted by Gasteiger charge is 2.15. The first kappa shape index (κ1) is 16.8. The number of hydrogen-bond acceptors (Lipinski definition) is 4. The van der Waals surface area contributed by atoms with E-state index in [1.54, 1.807) is 31.4 Å². The number of rotatable bonds is 5. The Morgan fingerprint density at radius 1 is 0.960 bits per heavy atom. The summed E-state index contributed by atoms with van der Waals surface area (Å²) in [6.07, 6.45) is 0. The second-order valence-corrected chi connectivity index (χ2v) is 7.05. The molecule has 3 aromatic rings. The molecule has 2 N–H and O–H groups in total. The summed E-state index contributed by atoms with van der Waals surface area (Å²) >= 11 is 0. The number of nitrogens with one attached hydrogen (secondary N) is 1. The number of fused-ring (bicyclic) bond motifs is 1. The van der Waals surface area contributed by atoms with Crippen molar-refractivity contribution >= 4 is 32.5 Å². The lowest BCUT2D eigenvalue weighted by atomic mass is 10.1. The minimum absolute atomic E-state index is 0.0857. The van der Waals surface area contributed by atoms with E-state index in [9.17, 15) is 13.2 Å². The molecule has 0 heterocycles. The van der Waals surface area contributed by atoms with Crippen molar-refractivity contribution in [2.45, 2.75) is 4.90 Å². The van der Waals surface area contributed by atoms with Crippen LogP contribution < -0.4 is 9.46 Å². The van der Waals surface area contributed by atoms with E-state index in [1.165, 1.54) is 30.3 Å². The fourth-order valence-corrected chi connectivity index (χ4v) is 3.48. The van der Waals surface area contributed by atoms with Crippen molar-refractivity contribution in [3.63, 3.8) is 0 Å². The minimum atomic E-state index is -3.78. The quantitative estimate of drug-likeness (QED) is 0.730. The smallest absolute Gasteiger partial charge is 0.335 e. The average molecular weight is 357 g/mol. The molecule has 7 heteroatoms. The van der Waals surface area contributed by atoms with Gasteiger partial charge in [-0.05, 0) is 59.3 Å². The third-order valence-corrected chi connectivity index (χ3v) is 5.09. The number of aromatic carboxylic acids is 1. The minimum Gasteiger partial charge on any atom is -0.497 e. The first-order valence-corrected chi connectivity index (χ1v) is 8.81. The second kappa shape index (κ2) is 6.45. The third kappa shape index (κ3) is 3.56. The lowest BCUT2D eigenvalue weighted by molar-refractivity contribution is 0.0697. The molecule has 0 aromatic heterocycles. The molecule has 0 bridgehead atoms. The molecule has 128 valence electrons. The monoisotopic (exact) mass is 357 g/mol. The number of carbonyl (C=O) groups is 1. The zero-order valence-electron chi connectivity index (χ0n) is 13.3. The van der Waals surface area contributed by atoms with Gasteiger partial charge < -0.3 is 9.84 Å². The van der Waals surface area contributed by atoms with Crippen LogP contribution in [-0.2, 0) is 10.0 Å². The van der Waals surface area contributed by atoms with Crippen LogP contribution in [0.3, 0.4) is 0 Å². The Bertz CT molecular complexity index is 1040. The number of carboxylic acid groups (broad SMARTS) is 1. The summed E-state index contributed by atoms with van der Waals surface area (Å²) in [6.45, 7) is 0. The molecule has 0 spiro atoms. The molecule has 0 radical (unpaired) electrons. The summed E-state index contributed by atoms with van der Waals surface area (Å²) in [5, 5.41) is 10.5. The molecule has 25 heavy (non-hydrogen) atoms. The highest BCUT2D eigenvalue weighted by Crippen LogP contribution is 2.25. The number of sulfonamides is 1. The van der Waals surface area contributed by atoms with Crippen molar-refractivity contribution in [2.24, 2.45) is 0 Å². The molecular formula is C18H15NO5S. The lowest BCUT2D eigenvalue weighted by Crippen LogP contribution is -2.13. The molecule has 0 saturated carbocycles. The van der Waals surface area contributed by atoms with Gasteiger partial charge in [-0.15, -0.1) is 0 Å². The van der Waals surface area contributed by atoms with Gasteiger partial charge in [0, 0.05) is 5.69 Å². The first-order chi connectivity index (χ1) is 11.9. The van der Waals surface area contributed by atoms with E-state index in [2.05, 4.69) is 4.72 Å². The molecule has 0 fully saturated rings. The van der Waals surface area contributed by atoms with Gasteiger partial charge >= 0.3 is 5.97 Å². The Kier molecular flexibility index (Phi) is 4.33. The fourth-order valence-electron chi connectivity index (χ4n) is 2.39. The standard InChI is InChI=1S/C18H15NO5S/c1-24-16-8-4-14-11-17(9-5-13(14)10-16)25(22,23)19-15-6-2-12(3-7-15)18(20)21/h2-11,19H,1H3,(H,20,21). The Morgan fingerprint density at radius 2 is 1.60 bits per heavy atom. The Hall–Kier alpha value is -3.06. The van der Waals surface area contributed by atoms with Crippen molar-refractivity contribution in [3.8, 4) is 5.75 Å². The van der Waals surface area contributed by atoms with Gasteiger partial charge in [0.25, 0.3) is 10.0 Å². The van der Waals surface area contributed by atoms with E-state index in [0.29, 0.717) is 11.4 Å². The van der Waals surface area contributed by atoms with Gasteiger partial charge in [0.1, 0.15) is 5.75 Å². The van der Waals surface area contributed by atoms with E-state index in [-0.39, 0.29) is 10.5 Å². The normalized spacial score (nSPS) is 11.2. The molecule has 0 aliphatic carbocycles. The Morgan fingerprint density at radius 3 is 2.24 bits per heavy atom. The molecule has 0 aliphatic heterocycles. The van der Waals surface area contributed by atoms with Crippen LogP contribution in [0, 0.1) is 0 Å². The number of benzene rings is 3. The van der Waals surface area contributed by atoms with Crippen LogP contribution in [0.25, 0.3) is 10.8 Å². The van der Waals surface area contributed by atoms with Crippen LogP contribution in [0.1, 0.15) is 10.4 Å². The highest BCUT2D eigenvalue weighted by molar-refractivity contribution is 7.92. The van der Waals surface area contributed by atoms with Gasteiger partial charge in [0.05, 0.1) is 17.6 Å². The van der Waals surface area contributed by atoms with Crippen LogP contribution >= 0.6 is 0 Å². The summed E-state index contributed by atoms with van der Waals surface area (Å²) in [6, 6.07) is 15.7. The lowest BCUT2D eigenvalue weighted by Gasteiger charge is -2.10.